The first-order chi connectivity index (χ1) is 8.56. The Kier molecular flexibility index (Phi) is 2.17. The Morgan fingerprint density at radius 3 is 2.44 bits per heavy atom. The second-order valence-electron chi connectivity index (χ2n) is 4.63. The van der Waals surface area contributed by atoms with E-state index in [1.54, 1.807) is 12.1 Å². The van der Waals surface area contributed by atoms with Gasteiger partial charge in [-0.1, -0.05) is 6.07 Å². The molecule has 0 fully saturated rings. The van der Waals surface area contributed by atoms with Gasteiger partial charge in [0.1, 0.15) is 5.58 Å². The second kappa shape index (κ2) is 3.60. The zero-order valence-corrected chi connectivity index (χ0v) is 10.3. The number of hydrogen-bond donors (Lipinski definition) is 1. The molecule has 0 radical (unpaired) electrons. The number of nitrogen functional groups attached to an aromatic ring is 1. The van der Waals surface area contributed by atoms with Gasteiger partial charge in [-0.25, -0.2) is 4.79 Å². The number of anilines is 1. The molecule has 0 saturated carbocycles. The van der Waals surface area contributed by atoms with Crippen LogP contribution in [0.25, 0.3) is 21.7 Å². The molecule has 3 nitrogen and oxygen atoms in total. The lowest BCUT2D eigenvalue weighted by Gasteiger charge is -2.06. The van der Waals surface area contributed by atoms with Gasteiger partial charge in [-0.15, -0.1) is 0 Å². The van der Waals surface area contributed by atoms with Crippen molar-refractivity contribution in [1.82, 2.24) is 0 Å². The van der Waals surface area contributed by atoms with Crippen LogP contribution in [-0.4, -0.2) is 0 Å². The zero-order valence-electron chi connectivity index (χ0n) is 10.3. The first-order valence-electron chi connectivity index (χ1n) is 5.79. The summed E-state index contributed by atoms with van der Waals surface area (Å²) in [5.41, 5.74) is 8.85. The monoisotopic (exact) mass is 239 g/mol. The molecule has 3 aromatic rings. The quantitative estimate of drug-likeness (QED) is 0.372. The molecule has 0 aliphatic rings. The smallest absolute Gasteiger partial charge is 0.344 e. The minimum Gasteiger partial charge on any atom is -0.422 e. The Hall–Kier alpha value is -2.29. The topological polar surface area (TPSA) is 56.2 Å². The van der Waals surface area contributed by atoms with Gasteiger partial charge in [-0.2, -0.15) is 0 Å². The average molecular weight is 239 g/mol. The molecule has 0 unspecified atom stereocenters. The lowest BCUT2D eigenvalue weighted by Crippen LogP contribution is -2.01. The van der Waals surface area contributed by atoms with E-state index in [9.17, 15) is 4.79 Å². The van der Waals surface area contributed by atoms with Gasteiger partial charge in [0, 0.05) is 16.5 Å². The fourth-order valence-corrected chi connectivity index (χ4v) is 2.21. The fourth-order valence-electron chi connectivity index (χ4n) is 2.21. The molecule has 0 aliphatic carbocycles. The summed E-state index contributed by atoms with van der Waals surface area (Å²) in [4.78, 5) is 11.9. The molecule has 2 N–H and O–H groups in total. The molecule has 1 aromatic heterocycles. The summed E-state index contributed by atoms with van der Waals surface area (Å²) in [5, 5.41) is 2.37. The van der Waals surface area contributed by atoms with Crippen LogP contribution >= 0.6 is 0 Å². The van der Waals surface area contributed by atoms with Crippen molar-refractivity contribution in [1.29, 1.82) is 0 Å². The van der Waals surface area contributed by atoms with Crippen molar-refractivity contribution in [3.8, 4) is 0 Å². The highest BCUT2D eigenvalue weighted by atomic mass is 16.4. The first kappa shape index (κ1) is 10.8. The van der Waals surface area contributed by atoms with Crippen LogP contribution in [0, 0.1) is 13.8 Å². The highest BCUT2D eigenvalue weighted by Crippen LogP contribution is 2.26. The molecule has 0 spiro atoms. The molecule has 0 bridgehead atoms. The molecule has 90 valence electrons. The minimum absolute atomic E-state index is 0.340. The van der Waals surface area contributed by atoms with E-state index in [1.807, 2.05) is 32.0 Å². The van der Waals surface area contributed by atoms with Crippen molar-refractivity contribution in [2.75, 3.05) is 5.73 Å². The summed E-state index contributed by atoms with van der Waals surface area (Å²) in [6.45, 7) is 4.05. The van der Waals surface area contributed by atoms with Crippen LogP contribution in [0.4, 0.5) is 5.69 Å². The first-order valence-corrected chi connectivity index (χ1v) is 5.79. The Bertz CT molecular complexity index is 831. The molecular weight excluding hydrogens is 226 g/mol. The van der Waals surface area contributed by atoms with Crippen LogP contribution < -0.4 is 11.4 Å². The van der Waals surface area contributed by atoms with Crippen LogP contribution in [0.3, 0.4) is 0 Å². The van der Waals surface area contributed by atoms with Crippen molar-refractivity contribution in [2.24, 2.45) is 0 Å². The van der Waals surface area contributed by atoms with Gasteiger partial charge >= 0.3 is 5.63 Å². The number of benzene rings is 2. The van der Waals surface area contributed by atoms with Gasteiger partial charge in [0.15, 0.2) is 0 Å². The summed E-state index contributed by atoms with van der Waals surface area (Å²) in [5.74, 6) is 0. The Balaban J connectivity index is 2.60. The lowest BCUT2D eigenvalue weighted by atomic mass is 10.0. The largest absolute Gasteiger partial charge is 0.422 e. The van der Waals surface area contributed by atoms with Crippen molar-refractivity contribution in [3.63, 3.8) is 0 Å². The maximum atomic E-state index is 11.9. The Morgan fingerprint density at radius 1 is 0.944 bits per heavy atom. The molecule has 3 heteroatoms. The van der Waals surface area contributed by atoms with Crippen LogP contribution in [0.5, 0.6) is 0 Å². The predicted molar refractivity (Wildman–Crippen MR) is 73.9 cm³/mol. The third kappa shape index (κ3) is 1.48. The molecule has 0 atom stereocenters. The number of rotatable bonds is 0. The maximum Gasteiger partial charge on any atom is 0.344 e. The maximum absolute atomic E-state index is 11.9. The van der Waals surface area contributed by atoms with Crippen molar-refractivity contribution >= 4 is 27.4 Å². The molecule has 0 aliphatic heterocycles. The van der Waals surface area contributed by atoms with Crippen LogP contribution in [-0.2, 0) is 0 Å². The highest BCUT2D eigenvalue weighted by molar-refractivity contribution is 6.05. The Labute approximate surface area is 104 Å². The predicted octanol–water partition coefficient (Wildman–Crippen LogP) is 3.15. The Morgan fingerprint density at radius 2 is 1.67 bits per heavy atom. The van der Waals surface area contributed by atoms with Crippen LogP contribution in [0.15, 0.2) is 39.5 Å². The molecule has 3 rings (SSSR count). The molecule has 0 saturated heterocycles. The van der Waals surface area contributed by atoms with E-state index in [0.717, 1.165) is 16.3 Å². The van der Waals surface area contributed by atoms with Gasteiger partial charge in [0.25, 0.3) is 0 Å². The number of hydrogen-bond acceptors (Lipinski definition) is 3. The fraction of sp³-hybridized carbons (Fsp3) is 0.133. The van der Waals surface area contributed by atoms with E-state index in [2.05, 4.69) is 0 Å². The standard InChI is InChI=1S/C15H13NO2/c1-8-5-12-11-4-3-10(16)7-13(11)15(17)18-14(12)6-9(8)2/h3-7H,16H2,1-2H3. The van der Waals surface area contributed by atoms with E-state index in [-0.39, 0.29) is 5.63 Å². The van der Waals surface area contributed by atoms with Gasteiger partial charge in [-0.3, -0.25) is 0 Å². The van der Waals surface area contributed by atoms with E-state index < -0.39 is 0 Å². The van der Waals surface area contributed by atoms with Gasteiger partial charge in [-0.05, 0) is 49.2 Å². The van der Waals surface area contributed by atoms with E-state index in [1.165, 1.54) is 5.56 Å². The van der Waals surface area contributed by atoms with Gasteiger partial charge in [0.05, 0.1) is 5.39 Å². The number of fused-ring (bicyclic) bond motifs is 3. The molecule has 1 heterocycles. The van der Waals surface area contributed by atoms with Crippen molar-refractivity contribution < 1.29 is 4.42 Å². The zero-order chi connectivity index (χ0) is 12.9. The summed E-state index contributed by atoms with van der Waals surface area (Å²) in [6, 6.07) is 9.29. The highest BCUT2D eigenvalue weighted by Gasteiger charge is 2.08. The summed E-state index contributed by atoms with van der Waals surface area (Å²) in [7, 11) is 0. The van der Waals surface area contributed by atoms with Crippen molar-refractivity contribution in [3.05, 3.63) is 51.9 Å². The average Bonchev–Trinajstić information content (AvgIpc) is 2.32. The molecule has 0 amide bonds. The summed E-state index contributed by atoms with van der Waals surface area (Å²) in [6.07, 6.45) is 0. The third-order valence-electron chi connectivity index (χ3n) is 3.35. The summed E-state index contributed by atoms with van der Waals surface area (Å²) >= 11 is 0. The summed E-state index contributed by atoms with van der Waals surface area (Å²) < 4.78 is 5.35. The van der Waals surface area contributed by atoms with Gasteiger partial charge in [0.2, 0.25) is 0 Å². The molecular formula is C15H13NO2. The number of nitrogens with two attached hydrogens (primary N) is 1. The van der Waals surface area contributed by atoms with Crippen LogP contribution in [0.1, 0.15) is 11.1 Å². The normalized spacial score (nSPS) is 11.2. The lowest BCUT2D eigenvalue weighted by molar-refractivity contribution is 0.569. The molecule has 2 aromatic carbocycles. The van der Waals surface area contributed by atoms with Crippen molar-refractivity contribution in [2.45, 2.75) is 13.8 Å². The second-order valence-corrected chi connectivity index (χ2v) is 4.63. The van der Waals surface area contributed by atoms with E-state index >= 15 is 0 Å². The third-order valence-corrected chi connectivity index (χ3v) is 3.35. The SMILES string of the molecule is Cc1cc2oc(=O)c3cc(N)ccc3c2cc1C. The minimum atomic E-state index is -0.340. The van der Waals surface area contributed by atoms with Gasteiger partial charge < -0.3 is 10.2 Å². The molecule has 18 heavy (non-hydrogen) atoms. The van der Waals surface area contributed by atoms with E-state index in [0.29, 0.717) is 16.7 Å². The van der Waals surface area contributed by atoms with Crippen LogP contribution in [0.2, 0.25) is 0 Å². The number of aryl methyl sites for hydroxylation is 2. The van der Waals surface area contributed by atoms with E-state index in [4.69, 9.17) is 10.2 Å².